The Balaban J connectivity index is 1.92. The molecule has 0 aliphatic heterocycles. The Morgan fingerprint density at radius 2 is 2.28 bits per heavy atom. The molecule has 6 heteroatoms. The molecule has 0 saturated carbocycles. The fraction of sp³-hybridized carbons (Fsp3) is 0.167. The smallest absolute Gasteiger partial charge is 0.261 e. The number of thiophene rings is 1. The maximum Gasteiger partial charge on any atom is 0.261 e. The number of aromatic nitrogens is 1. The lowest BCUT2D eigenvalue weighted by Gasteiger charge is -2.04. The molecule has 2 heterocycles. The Bertz CT molecular complexity index is 539. The van der Waals surface area contributed by atoms with Gasteiger partial charge in [-0.25, -0.2) is 4.98 Å². The van der Waals surface area contributed by atoms with E-state index in [0.29, 0.717) is 21.6 Å². The highest BCUT2D eigenvalue weighted by molar-refractivity contribution is 7.17. The average Bonchev–Trinajstić information content (AvgIpc) is 2.83. The number of nitrogens with one attached hydrogen (secondary N) is 1. The van der Waals surface area contributed by atoms with Crippen molar-refractivity contribution in [2.24, 2.45) is 0 Å². The highest BCUT2D eigenvalue weighted by Crippen LogP contribution is 2.21. The van der Waals surface area contributed by atoms with E-state index in [-0.39, 0.29) is 5.91 Å². The molecule has 94 valence electrons. The van der Waals surface area contributed by atoms with Crippen molar-refractivity contribution >= 4 is 28.8 Å². The van der Waals surface area contributed by atoms with E-state index in [1.807, 2.05) is 6.07 Å². The molecule has 0 spiro atoms. The number of methoxy groups -OCH3 is 1. The maximum absolute atomic E-state index is 11.8. The molecule has 2 aromatic rings. The summed E-state index contributed by atoms with van der Waals surface area (Å²) in [6.07, 6.45) is 1.67. The molecule has 0 fully saturated rings. The quantitative estimate of drug-likeness (QED) is 0.938. The van der Waals surface area contributed by atoms with Gasteiger partial charge in [-0.1, -0.05) is 17.7 Å². The van der Waals surface area contributed by atoms with Gasteiger partial charge in [0.25, 0.3) is 5.91 Å². The van der Waals surface area contributed by atoms with E-state index in [9.17, 15) is 4.79 Å². The first kappa shape index (κ1) is 12.9. The summed E-state index contributed by atoms with van der Waals surface area (Å²) in [5.41, 5.74) is 0.909. The zero-order valence-corrected chi connectivity index (χ0v) is 11.2. The number of amides is 1. The maximum atomic E-state index is 11.8. The molecule has 0 aliphatic carbocycles. The van der Waals surface area contributed by atoms with Crippen LogP contribution in [0, 0.1) is 0 Å². The summed E-state index contributed by atoms with van der Waals surface area (Å²) in [6.45, 7) is 0.422. The van der Waals surface area contributed by atoms with Crippen LogP contribution in [0.5, 0.6) is 5.88 Å². The number of ether oxygens (including phenoxy) is 1. The molecule has 2 aromatic heterocycles. The van der Waals surface area contributed by atoms with E-state index in [1.54, 1.807) is 31.5 Å². The summed E-state index contributed by atoms with van der Waals surface area (Å²) in [6, 6.07) is 7.02. The monoisotopic (exact) mass is 282 g/mol. The van der Waals surface area contributed by atoms with Gasteiger partial charge in [0.05, 0.1) is 16.3 Å². The first-order chi connectivity index (χ1) is 8.69. The Morgan fingerprint density at radius 3 is 2.83 bits per heavy atom. The molecule has 0 unspecified atom stereocenters. The Morgan fingerprint density at radius 1 is 1.44 bits per heavy atom. The minimum absolute atomic E-state index is 0.136. The molecule has 2 rings (SSSR count). The van der Waals surface area contributed by atoms with Crippen LogP contribution in [-0.2, 0) is 6.54 Å². The van der Waals surface area contributed by atoms with Crippen molar-refractivity contribution < 1.29 is 9.53 Å². The predicted molar refractivity (Wildman–Crippen MR) is 71.3 cm³/mol. The van der Waals surface area contributed by atoms with Crippen LogP contribution in [0.15, 0.2) is 30.5 Å². The summed E-state index contributed by atoms with van der Waals surface area (Å²) in [5, 5.41) is 2.80. The first-order valence-corrected chi connectivity index (χ1v) is 6.41. The molecule has 1 amide bonds. The second-order valence-corrected chi connectivity index (χ2v) is 5.21. The molecule has 0 saturated heterocycles. The number of pyridine rings is 1. The van der Waals surface area contributed by atoms with Gasteiger partial charge < -0.3 is 10.1 Å². The predicted octanol–water partition coefficient (Wildman–Crippen LogP) is 2.74. The minimum Gasteiger partial charge on any atom is -0.481 e. The van der Waals surface area contributed by atoms with Gasteiger partial charge in [-0.15, -0.1) is 11.3 Å². The van der Waals surface area contributed by atoms with Gasteiger partial charge in [-0.05, 0) is 17.7 Å². The number of halogens is 1. The van der Waals surface area contributed by atoms with Crippen molar-refractivity contribution in [1.29, 1.82) is 0 Å². The first-order valence-electron chi connectivity index (χ1n) is 5.21. The fourth-order valence-electron chi connectivity index (χ4n) is 1.34. The summed E-state index contributed by atoms with van der Waals surface area (Å²) in [4.78, 5) is 16.4. The Hall–Kier alpha value is -1.59. The van der Waals surface area contributed by atoms with Crippen LogP contribution in [0.4, 0.5) is 0 Å². The molecule has 0 aliphatic rings. The number of carbonyl (C=O) groups excluding carboxylic acids is 1. The Kier molecular flexibility index (Phi) is 4.17. The van der Waals surface area contributed by atoms with E-state index in [2.05, 4.69) is 10.3 Å². The second kappa shape index (κ2) is 5.84. The zero-order chi connectivity index (χ0) is 13.0. The number of hydrogen-bond donors (Lipinski definition) is 1. The summed E-state index contributed by atoms with van der Waals surface area (Å²) in [5.74, 6) is 0.415. The third-order valence-electron chi connectivity index (χ3n) is 2.26. The van der Waals surface area contributed by atoms with Gasteiger partial charge in [-0.2, -0.15) is 0 Å². The van der Waals surface area contributed by atoms with Crippen molar-refractivity contribution in [3.05, 3.63) is 45.2 Å². The molecule has 0 bridgehead atoms. The molecular formula is C12H11ClN2O2S. The van der Waals surface area contributed by atoms with Gasteiger partial charge in [0.1, 0.15) is 0 Å². The van der Waals surface area contributed by atoms with Crippen LogP contribution < -0.4 is 10.1 Å². The van der Waals surface area contributed by atoms with Gasteiger partial charge in [0.15, 0.2) is 0 Å². The molecule has 0 atom stereocenters. The molecular weight excluding hydrogens is 272 g/mol. The summed E-state index contributed by atoms with van der Waals surface area (Å²) >= 11 is 7.02. The number of rotatable bonds is 4. The van der Waals surface area contributed by atoms with Crippen LogP contribution in [0.2, 0.25) is 4.34 Å². The van der Waals surface area contributed by atoms with Crippen molar-refractivity contribution in [3.63, 3.8) is 0 Å². The number of hydrogen-bond acceptors (Lipinski definition) is 4. The van der Waals surface area contributed by atoms with Crippen molar-refractivity contribution in [3.8, 4) is 5.88 Å². The van der Waals surface area contributed by atoms with Gasteiger partial charge in [0.2, 0.25) is 5.88 Å². The third kappa shape index (κ3) is 3.21. The molecule has 18 heavy (non-hydrogen) atoms. The van der Waals surface area contributed by atoms with E-state index < -0.39 is 0 Å². The Labute approximate surface area is 114 Å². The van der Waals surface area contributed by atoms with Gasteiger partial charge in [0, 0.05) is 18.8 Å². The summed E-state index contributed by atoms with van der Waals surface area (Å²) < 4.78 is 5.56. The van der Waals surface area contributed by atoms with Crippen LogP contribution in [0.3, 0.4) is 0 Å². The van der Waals surface area contributed by atoms with Crippen LogP contribution in [-0.4, -0.2) is 18.0 Å². The van der Waals surface area contributed by atoms with Crippen LogP contribution in [0.1, 0.15) is 15.2 Å². The van der Waals surface area contributed by atoms with E-state index in [1.165, 1.54) is 11.3 Å². The van der Waals surface area contributed by atoms with Crippen molar-refractivity contribution in [1.82, 2.24) is 10.3 Å². The summed E-state index contributed by atoms with van der Waals surface area (Å²) in [7, 11) is 1.56. The highest BCUT2D eigenvalue weighted by Gasteiger charge is 2.08. The lowest BCUT2D eigenvalue weighted by Crippen LogP contribution is -2.21. The zero-order valence-electron chi connectivity index (χ0n) is 9.64. The van der Waals surface area contributed by atoms with Crippen molar-refractivity contribution in [2.75, 3.05) is 7.11 Å². The van der Waals surface area contributed by atoms with Gasteiger partial charge >= 0.3 is 0 Å². The molecule has 4 nitrogen and oxygen atoms in total. The normalized spacial score (nSPS) is 10.1. The lowest BCUT2D eigenvalue weighted by atomic mass is 10.3. The van der Waals surface area contributed by atoms with Crippen LogP contribution >= 0.6 is 22.9 Å². The average molecular weight is 283 g/mol. The van der Waals surface area contributed by atoms with Crippen LogP contribution in [0.25, 0.3) is 0 Å². The van der Waals surface area contributed by atoms with Crippen molar-refractivity contribution in [2.45, 2.75) is 6.54 Å². The van der Waals surface area contributed by atoms with E-state index in [0.717, 1.165) is 5.56 Å². The number of nitrogens with zero attached hydrogens (tertiary/aromatic N) is 1. The lowest BCUT2D eigenvalue weighted by molar-refractivity contribution is 0.0955. The number of carbonyl (C=O) groups is 1. The standard InChI is InChI=1S/C12H11ClN2O2S/c1-17-11-5-2-8(6-14-11)7-15-12(16)9-3-4-10(13)18-9/h2-6H,7H2,1H3,(H,15,16). The highest BCUT2D eigenvalue weighted by atomic mass is 35.5. The largest absolute Gasteiger partial charge is 0.481 e. The fourth-order valence-corrected chi connectivity index (χ4v) is 2.30. The SMILES string of the molecule is COc1ccc(CNC(=O)c2ccc(Cl)s2)cn1. The second-order valence-electron chi connectivity index (χ2n) is 3.50. The third-order valence-corrected chi connectivity index (χ3v) is 3.49. The van der Waals surface area contributed by atoms with Gasteiger partial charge in [-0.3, -0.25) is 4.79 Å². The molecule has 1 N–H and O–H groups in total. The van der Waals surface area contributed by atoms with E-state index in [4.69, 9.17) is 16.3 Å². The van der Waals surface area contributed by atoms with E-state index >= 15 is 0 Å². The minimum atomic E-state index is -0.136. The molecule has 0 radical (unpaired) electrons. The topological polar surface area (TPSA) is 51.2 Å². The molecule has 0 aromatic carbocycles.